The highest BCUT2D eigenvalue weighted by atomic mass is 79.9. The van der Waals surface area contributed by atoms with E-state index in [1.807, 2.05) is 20.8 Å². The van der Waals surface area contributed by atoms with Gasteiger partial charge < -0.3 is 19.7 Å². The van der Waals surface area contributed by atoms with Crippen molar-refractivity contribution in [2.75, 3.05) is 0 Å². The van der Waals surface area contributed by atoms with Gasteiger partial charge in [0.05, 0.1) is 45.4 Å². The Morgan fingerprint density at radius 1 is 0.643 bits per heavy atom. The van der Waals surface area contributed by atoms with Crippen LogP contribution in [0, 0.1) is 27.7 Å². The van der Waals surface area contributed by atoms with Gasteiger partial charge in [-0.05, 0) is 108 Å². The molecular formula is C48H50BrClF4N10O6. The quantitative estimate of drug-likeness (QED) is 0.0927. The lowest BCUT2D eigenvalue weighted by Gasteiger charge is -2.17. The van der Waals surface area contributed by atoms with Gasteiger partial charge in [-0.3, -0.25) is 28.3 Å². The number of hydrogen-bond donors (Lipinski definition) is 2. The highest BCUT2D eigenvalue weighted by Crippen LogP contribution is 2.28. The van der Waals surface area contributed by atoms with Crippen LogP contribution in [0.3, 0.4) is 0 Å². The summed E-state index contributed by atoms with van der Waals surface area (Å²) in [5, 5.41) is 20.8. The minimum Gasteiger partial charge on any atom is -0.434 e. The second-order valence-electron chi connectivity index (χ2n) is 17.3. The van der Waals surface area contributed by atoms with Gasteiger partial charge in [-0.15, -0.1) is 0 Å². The molecule has 0 atom stereocenters. The van der Waals surface area contributed by atoms with E-state index in [1.54, 1.807) is 113 Å². The van der Waals surface area contributed by atoms with Gasteiger partial charge in [0.1, 0.15) is 27.9 Å². The number of alkyl halides is 4. The molecule has 0 saturated carbocycles. The van der Waals surface area contributed by atoms with Gasteiger partial charge in [0, 0.05) is 43.2 Å². The molecule has 6 heterocycles. The molecule has 0 aliphatic heterocycles. The zero-order chi connectivity index (χ0) is 51.6. The zero-order valence-corrected chi connectivity index (χ0v) is 42.1. The number of aliphatic hydroxyl groups is 2. The van der Waals surface area contributed by atoms with Gasteiger partial charge in [-0.2, -0.15) is 17.6 Å². The van der Waals surface area contributed by atoms with Crippen molar-refractivity contribution < 1.29 is 37.2 Å². The molecule has 0 spiro atoms. The van der Waals surface area contributed by atoms with Gasteiger partial charge >= 0.3 is 13.2 Å². The maximum absolute atomic E-state index is 12.9. The maximum atomic E-state index is 12.9. The number of ether oxygens (including phenoxy) is 2. The number of benzene rings is 2. The van der Waals surface area contributed by atoms with Crippen LogP contribution in [0.1, 0.15) is 73.0 Å². The lowest BCUT2D eigenvalue weighted by Crippen LogP contribution is -2.20. The predicted octanol–water partition coefficient (Wildman–Crippen LogP) is 8.81. The van der Waals surface area contributed by atoms with E-state index in [-0.39, 0.29) is 46.7 Å². The summed E-state index contributed by atoms with van der Waals surface area (Å²) in [5.74, 6) is 0.838. The third kappa shape index (κ3) is 12.2. The Kier molecular flexibility index (Phi) is 16.0. The van der Waals surface area contributed by atoms with Crippen molar-refractivity contribution in [1.82, 2.24) is 48.6 Å². The molecular weight excluding hydrogens is 1000 g/mol. The lowest BCUT2D eigenvalue weighted by atomic mass is 10.1. The third-order valence-electron chi connectivity index (χ3n) is 10.8. The number of fused-ring (bicyclic) bond motifs is 2. The van der Waals surface area contributed by atoms with Crippen molar-refractivity contribution in [2.45, 2.75) is 92.9 Å². The first-order valence-corrected chi connectivity index (χ1v) is 22.6. The fraction of sp³-hybridized carbons (Fsp3) is 0.333. The molecule has 8 rings (SSSR count). The minimum absolute atomic E-state index is 0.0394. The molecule has 0 unspecified atom stereocenters. The summed E-state index contributed by atoms with van der Waals surface area (Å²) < 4.78 is 67.2. The summed E-state index contributed by atoms with van der Waals surface area (Å²) >= 11 is 9.21. The van der Waals surface area contributed by atoms with E-state index < -0.39 is 24.4 Å². The highest BCUT2D eigenvalue weighted by Gasteiger charge is 2.23. The van der Waals surface area contributed by atoms with Crippen LogP contribution < -0.4 is 20.6 Å². The van der Waals surface area contributed by atoms with Gasteiger partial charge in [0.15, 0.2) is 22.9 Å². The Labute approximate surface area is 412 Å². The fourth-order valence-electron chi connectivity index (χ4n) is 7.13. The first kappa shape index (κ1) is 52.8. The van der Waals surface area contributed by atoms with Crippen LogP contribution in [0.4, 0.5) is 17.6 Å². The number of nitrogens with zero attached hydrogens (tertiary/aromatic N) is 10. The number of halogens is 6. The molecule has 370 valence electrons. The lowest BCUT2D eigenvalue weighted by molar-refractivity contribution is -0.0511. The number of hydrogen-bond acceptors (Lipinski definition) is 12. The van der Waals surface area contributed by atoms with Crippen molar-refractivity contribution in [3.05, 3.63) is 149 Å². The van der Waals surface area contributed by atoms with E-state index in [2.05, 4.69) is 50.3 Å². The molecule has 2 aromatic carbocycles. The molecule has 0 saturated heterocycles. The summed E-state index contributed by atoms with van der Waals surface area (Å²) in [6.45, 7) is 8.22. The molecule has 0 aliphatic carbocycles. The average Bonchev–Trinajstić information content (AvgIpc) is 3.64. The van der Waals surface area contributed by atoms with Crippen LogP contribution in [-0.2, 0) is 38.4 Å². The van der Waals surface area contributed by atoms with Crippen molar-refractivity contribution in [2.24, 2.45) is 14.1 Å². The number of rotatable bonds is 11. The Morgan fingerprint density at radius 2 is 1.09 bits per heavy atom. The Morgan fingerprint density at radius 3 is 1.53 bits per heavy atom. The van der Waals surface area contributed by atoms with E-state index in [1.165, 1.54) is 27.6 Å². The van der Waals surface area contributed by atoms with E-state index in [0.29, 0.717) is 56.0 Å². The zero-order valence-electron chi connectivity index (χ0n) is 39.8. The first-order valence-electron chi connectivity index (χ1n) is 21.4. The fourth-order valence-corrected chi connectivity index (χ4v) is 7.47. The monoisotopic (exact) mass is 1050 g/mol. The average molecular weight is 1050 g/mol. The van der Waals surface area contributed by atoms with Crippen LogP contribution in [0.25, 0.3) is 33.3 Å². The summed E-state index contributed by atoms with van der Waals surface area (Å²) in [5.41, 5.74) is 3.54. The van der Waals surface area contributed by atoms with Gasteiger partial charge in [0.25, 0.3) is 11.1 Å². The SMILES string of the molecule is Cc1ccc(OC(F)F)c(Cn2c3nc(-c4cnc(C(C)(C)O)nc4C)ccc3c(=O)n2C)c1.Cc1ccc(OC(F)F)c(Cn2c3nc(Cl)ccc3c(=O)n2C)c1.Cc1nc(C(C)(C)O)ncc1Br. The second-order valence-corrected chi connectivity index (χ2v) is 18.5. The topological polar surface area (TPSA) is 190 Å². The largest absolute Gasteiger partial charge is 0.434 e. The molecule has 6 aromatic heterocycles. The third-order valence-corrected chi connectivity index (χ3v) is 11.7. The molecule has 0 radical (unpaired) electrons. The van der Waals surface area contributed by atoms with E-state index in [0.717, 1.165) is 21.3 Å². The van der Waals surface area contributed by atoms with Gasteiger partial charge in [-0.25, -0.2) is 29.9 Å². The second kappa shape index (κ2) is 21.2. The van der Waals surface area contributed by atoms with E-state index >= 15 is 0 Å². The van der Waals surface area contributed by atoms with Crippen LogP contribution in [0.15, 0.2) is 87.1 Å². The summed E-state index contributed by atoms with van der Waals surface area (Å²) in [6, 6.07) is 16.3. The molecule has 2 N–H and O–H groups in total. The normalized spacial score (nSPS) is 11.8. The standard InChI is InChI=1S/C24H25F2N5O3.C16H14ClF2N3O2.C8H11BrN2O/c1-13-6-9-19(34-23(25)26)15(10-13)12-31-20-16(21(32)30(31)5)7-8-18(29-20)17-11-27-22(24(3,4)33)28-14(17)2;1-9-3-5-12(24-16(18)19)10(7-9)8-22-14-11(15(23)21(22)2)4-6-13(17)20-14;1-5-6(9)4-10-7(11-5)8(2,3)12/h6-11,23,33H,12H2,1-5H3;3-7,16H,8H2,1-2H3;4,12H,1-3H3. The van der Waals surface area contributed by atoms with Crippen molar-refractivity contribution in [3.8, 4) is 22.8 Å². The number of aryl methyl sites for hydroxylation is 4. The van der Waals surface area contributed by atoms with Crippen molar-refractivity contribution in [1.29, 1.82) is 0 Å². The highest BCUT2D eigenvalue weighted by molar-refractivity contribution is 9.10. The van der Waals surface area contributed by atoms with Crippen LogP contribution in [0.5, 0.6) is 11.5 Å². The summed E-state index contributed by atoms with van der Waals surface area (Å²) in [4.78, 5) is 50.8. The van der Waals surface area contributed by atoms with Crippen molar-refractivity contribution in [3.63, 3.8) is 0 Å². The van der Waals surface area contributed by atoms with Crippen LogP contribution in [-0.4, -0.2) is 72.1 Å². The molecule has 22 heteroatoms. The van der Waals surface area contributed by atoms with Crippen LogP contribution in [0.2, 0.25) is 5.15 Å². The summed E-state index contributed by atoms with van der Waals surface area (Å²) in [6.07, 6.45) is 3.24. The number of aromatic nitrogens is 10. The Hall–Kier alpha value is -6.55. The molecule has 0 amide bonds. The molecule has 70 heavy (non-hydrogen) atoms. The Balaban J connectivity index is 0.000000193. The molecule has 0 fully saturated rings. The minimum atomic E-state index is -2.97. The first-order chi connectivity index (χ1) is 32.7. The summed E-state index contributed by atoms with van der Waals surface area (Å²) in [7, 11) is 3.18. The molecule has 16 nitrogen and oxygen atoms in total. The Bertz CT molecular complexity index is 3330. The van der Waals surface area contributed by atoms with Gasteiger partial charge in [-0.1, -0.05) is 47.0 Å². The van der Waals surface area contributed by atoms with E-state index in [4.69, 9.17) is 16.6 Å². The predicted molar refractivity (Wildman–Crippen MR) is 260 cm³/mol. The van der Waals surface area contributed by atoms with Crippen LogP contribution >= 0.6 is 27.5 Å². The molecule has 8 aromatic rings. The smallest absolute Gasteiger partial charge is 0.387 e. The maximum Gasteiger partial charge on any atom is 0.387 e. The van der Waals surface area contributed by atoms with Gasteiger partial charge in [0.2, 0.25) is 0 Å². The molecule has 0 aliphatic rings. The van der Waals surface area contributed by atoms with E-state index in [9.17, 15) is 37.4 Å². The number of pyridine rings is 2. The molecule has 0 bridgehead atoms. The van der Waals surface area contributed by atoms with Crippen molar-refractivity contribution >= 4 is 49.6 Å².